The van der Waals surface area contributed by atoms with E-state index in [1.807, 2.05) is 11.0 Å². The third kappa shape index (κ3) is 4.16. The summed E-state index contributed by atoms with van der Waals surface area (Å²) in [6, 6.07) is 4.35. The van der Waals surface area contributed by atoms with Gasteiger partial charge in [0.1, 0.15) is 9.79 Å². The highest BCUT2D eigenvalue weighted by molar-refractivity contribution is 7.92. The number of aromatic amines is 1. The third-order valence-electron chi connectivity index (χ3n) is 5.93. The fraction of sp³-hybridized carbons (Fsp3) is 0.368. The van der Waals surface area contributed by atoms with Crippen LogP contribution in [0.1, 0.15) is 18.4 Å². The molecule has 3 aromatic rings. The molecule has 180 valence electrons. The normalized spacial score (nSPS) is 18.7. The molecule has 1 fully saturated rings. The predicted octanol–water partition coefficient (Wildman–Crippen LogP) is -0.366. The maximum absolute atomic E-state index is 13.3. The van der Waals surface area contributed by atoms with E-state index < -0.39 is 29.8 Å². The van der Waals surface area contributed by atoms with Crippen LogP contribution in [0.15, 0.2) is 40.4 Å². The molecule has 2 aliphatic heterocycles. The second kappa shape index (κ2) is 8.66. The molecule has 0 saturated carbocycles. The van der Waals surface area contributed by atoms with Crippen molar-refractivity contribution in [3.05, 3.63) is 36.2 Å². The molecular weight excluding hydrogens is 482 g/mol. The van der Waals surface area contributed by atoms with E-state index in [-0.39, 0.29) is 17.4 Å². The number of nitrogens with two attached hydrogens (primary N) is 1. The number of pyridine rings is 1. The topological polar surface area (TPSA) is 189 Å². The Hall–Kier alpha value is -2.98. The Bertz CT molecular complexity index is 1420. The molecule has 0 amide bonds. The van der Waals surface area contributed by atoms with Crippen molar-refractivity contribution in [2.75, 3.05) is 24.5 Å². The molecule has 0 aliphatic carbocycles. The molecule has 15 heteroatoms. The quantitative estimate of drug-likeness (QED) is 0.344. The van der Waals surface area contributed by atoms with Crippen LogP contribution in [0.4, 0.5) is 11.4 Å². The predicted molar refractivity (Wildman–Crippen MR) is 122 cm³/mol. The minimum absolute atomic E-state index is 0.0170. The fourth-order valence-corrected chi connectivity index (χ4v) is 7.34. The van der Waals surface area contributed by atoms with Crippen LogP contribution in [0.2, 0.25) is 0 Å². The van der Waals surface area contributed by atoms with Gasteiger partial charge in [-0.25, -0.2) is 31.8 Å². The van der Waals surface area contributed by atoms with Gasteiger partial charge in [0.05, 0.1) is 23.1 Å². The number of tetrazole rings is 1. The van der Waals surface area contributed by atoms with Crippen molar-refractivity contribution in [3.8, 4) is 11.4 Å². The second-order valence-electron chi connectivity index (χ2n) is 8.15. The van der Waals surface area contributed by atoms with E-state index >= 15 is 0 Å². The summed E-state index contributed by atoms with van der Waals surface area (Å²) in [5.41, 5.74) is 2.20. The first-order valence-electron chi connectivity index (χ1n) is 10.6. The van der Waals surface area contributed by atoms with E-state index in [2.05, 4.69) is 35.6 Å². The zero-order valence-electron chi connectivity index (χ0n) is 18.0. The largest absolute Gasteiger partial charge is 0.339 e. The van der Waals surface area contributed by atoms with Crippen LogP contribution >= 0.6 is 0 Å². The molecule has 0 spiro atoms. The summed E-state index contributed by atoms with van der Waals surface area (Å²) in [6.07, 6.45) is 5.59. The lowest BCUT2D eigenvalue weighted by molar-refractivity contribution is 0.555. The maximum atomic E-state index is 13.3. The summed E-state index contributed by atoms with van der Waals surface area (Å²) >= 11 is 0. The summed E-state index contributed by atoms with van der Waals surface area (Å²) in [5.74, 6) is -0.0189. The summed E-state index contributed by atoms with van der Waals surface area (Å²) in [5, 5.41) is 22.3. The van der Waals surface area contributed by atoms with E-state index in [9.17, 15) is 16.8 Å². The lowest BCUT2D eigenvalue weighted by Crippen LogP contribution is -2.37. The maximum Gasteiger partial charge on any atom is 0.242 e. The summed E-state index contributed by atoms with van der Waals surface area (Å²) in [4.78, 5) is 5.06. The minimum atomic E-state index is -4.54. The Balaban J connectivity index is 1.76. The van der Waals surface area contributed by atoms with Gasteiger partial charge in [0.2, 0.25) is 20.0 Å². The average Bonchev–Trinajstić information content (AvgIpc) is 3.51. The standard InChI is InChI=1S/C19H23N9O4S2/c20-33(29,30)18-16(34(31,32)25-13-6-8-21-10-13)4-3-14(17(18)19-23-26-27-24-19)28-9-1-2-12-5-7-22-11-15(12)28/h3-5,7,11,13,21,25H,1-2,6,8-10H2,(H2,20,29,30)(H,23,24,26,27)/t13-/m1/s1. The molecule has 1 saturated heterocycles. The van der Waals surface area contributed by atoms with Gasteiger partial charge in [0.25, 0.3) is 0 Å². The van der Waals surface area contributed by atoms with Gasteiger partial charge in [-0.05, 0) is 60.0 Å². The molecule has 0 unspecified atom stereocenters. The van der Waals surface area contributed by atoms with Crippen LogP contribution in [0, 0.1) is 0 Å². The van der Waals surface area contributed by atoms with Crippen LogP contribution in [0.5, 0.6) is 0 Å². The number of aryl methyl sites for hydroxylation is 1. The van der Waals surface area contributed by atoms with E-state index in [4.69, 9.17) is 5.14 Å². The van der Waals surface area contributed by atoms with Gasteiger partial charge in [-0.3, -0.25) is 4.98 Å². The van der Waals surface area contributed by atoms with Gasteiger partial charge < -0.3 is 10.2 Å². The Morgan fingerprint density at radius 2 is 2.00 bits per heavy atom. The number of fused-ring (bicyclic) bond motifs is 1. The first kappa shape index (κ1) is 22.8. The third-order valence-corrected chi connectivity index (χ3v) is 8.62. The van der Waals surface area contributed by atoms with Crippen LogP contribution in [0.3, 0.4) is 0 Å². The number of H-pyrrole nitrogens is 1. The number of sulfonamides is 2. The van der Waals surface area contributed by atoms with Crippen molar-refractivity contribution < 1.29 is 16.8 Å². The number of rotatable bonds is 6. The molecule has 0 bridgehead atoms. The van der Waals surface area contributed by atoms with E-state index in [1.165, 1.54) is 6.07 Å². The van der Waals surface area contributed by atoms with Crippen molar-refractivity contribution in [2.45, 2.75) is 35.1 Å². The smallest absolute Gasteiger partial charge is 0.242 e. The Morgan fingerprint density at radius 1 is 1.15 bits per heavy atom. The van der Waals surface area contributed by atoms with Crippen LogP contribution in [-0.4, -0.2) is 68.1 Å². The first-order valence-corrected chi connectivity index (χ1v) is 13.7. The first-order chi connectivity index (χ1) is 16.3. The van der Waals surface area contributed by atoms with Crippen LogP contribution in [0.25, 0.3) is 11.4 Å². The summed E-state index contributed by atoms with van der Waals surface area (Å²) in [7, 11) is -8.78. The van der Waals surface area contributed by atoms with E-state index in [1.54, 1.807) is 18.5 Å². The monoisotopic (exact) mass is 505 g/mol. The van der Waals surface area contributed by atoms with Gasteiger partial charge in [-0.1, -0.05) is 0 Å². The molecule has 2 aromatic heterocycles. The SMILES string of the molecule is NS(=O)(=O)c1c(S(=O)(=O)N[C@@H]2CCNC2)ccc(N2CCCc3ccncc32)c1-c1nnn[nH]1. The molecule has 2 aliphatic rings. The number of benzene rings is 1. The Morgan fingerprint density at radius 3 is 2.71 bits per heavy atom. The second-order valence-corrected chi connectivity index (χ2v) is 11.3. The van der Waals surface area contributed by atoms with Crippen molar-refractivity contribution in [1.82, 2.24) is 35.6 Å². The molecule has 5 N–H and O–H groups in total. The number of anilines is 2. The number of nitrogens with one attached hydrogen (secondary N) is 3. The lowest BCUT2D eigenvalue weighted by Gasteiger charge is -2.32. The summed E-state index contributed by atoms with van der Waals surface area (Å²) in [6.45, 7) is 1.65. The van der Waals surface area contributed by atoms with Gasteiger partial charge >= 0.3 is 0 Å². The minimum Gasteiger partial charge on any atom is -0.339 e. The highest BCUT2D eigenvalue weighted by Gasteiger charge is 2.35. The molecule has 13 nitrogen and oxygen atoms in total. The molecule has 34 heavy (non-hydrogen) atoms. The van der Waals surface area contributed by atoms with Crippen molar-refractivity contribution in [1.29, 1.82) is 0 Å². The number of nitrogens with zero attached hydrogens (tertiary/aromatic N) is 5. The summed E-state index contributed by atoms with van der Waals surface area (Å²) < 4.78 is 55.0. The number of aromatic nitrogens is 5. The van der Waals surface area contributed by atoms with Crippen molar-refractivity contribution >= 4 is 31.4 Å². The van der Waals surface area contributed by atoms with Crippen LogP contribution < -0.4 is 20.1 Å². The molecular formula is C19H23N9O4S2. The molecule has 0 radical (unpaired) electrons. The molecule has 1 aromatic carbocycles. The number of hydrogen-bond acceptors (Lipinski definition) is 10. The number of hydrogen-bond donors (Lipinski definition) is 4. The molecule has 1 atom stereocenters. The Labute approximate surface area is 196 Å². The van der Waals surface area contributed by atoms with E-state index in [0.717, 1.165) is 24.1 Å². The lowest BCUT2D eigenvalue weighted by atomic mass is 10.0. The molecule has 5 rings (SSSR count). The highest BCUT2D eigenvalue weighted by Crippen LogP contribution is 2.42. The number of primary sulfonamides is 1. The molecule has 4 heterocycles. The van der Waals surface area contributed by atoms with Gasteiger partial charge in [0.15, 0.2) is 5.82 Å². The van der Waals surface area contributed by atoms with Crippen molar-refractivity contribution in [2.24, 2.45) is 5.14 Å². The van der Waals surface area contributed by atoms with Crippen molar-refractivity contribution in [3.63, 3.8) is 0 Å². The average molecular weight is 506 g/mol. The zero-order valence-corrected chi connectivity index (χ0v) is 19.6. The van der Waals surface area contributed by atoms with Gasteiger partial charge in [-0.2, -0.15) is 0 Å². The Kier molecular flexibility index (Phi) is 5.81. The van der Waals surface area contributed by atoms with Gasteiger partial charge in [0, 0.05) is 25.3 Å². The van der Waals surface area contributed by atoms with Gasteiger partial charge in [-0.15, -0.1) is 5.10 Å². The van der Waals surface area contributed by atoms with Crippen LogP contribution in [-0.2, 0) is 26.5 Å². The zero-order chi connectivity index (χ0) is 23.9. The van der Waals surface area contributed by atoms with E-state index in [0.29, 0.717) is 31.7 Å². The highest BCUT2D eigenvalue weighted by atomic mass is 32.2. The fourth-order valence-electron chi connectivity index (χ4n) is 4.47.